The molecular formula is C21H26N6O4. The molecular weight excluding hydrogens is 400 g/mol. The maximum absolute atomic E-state index is 12.3. The minimum absolute atomic E-state index is 0.315. The highest BCUT2D eigenvalue weighted by molar-refractivity contribution is 5.89. The molecule has 2 aromatic heterocycles. The number of nitrogens with one attached hydrogen (secondary N) is 1. The van der Waals surface area contributed by atoms with Crippen molar-refractivity contribution in [3.05, 3.63) is 42.6 Å². The summed E-state index contributed by atoms with van der Waals surface area (Å²) in [6.45, 7) is 2.26. The number of hydrogen-bond acceptors (Lipinski definition) is 7. The number of amides is 2. The Balaban J connectivity index is 1.56. The highest BCUT2D eigenvalue weighted by atomic mass is 16.5. The van der Waals surface area contributed by atoms with Gasteiger partial charge in [-0.15, -0.1) is 5.10 Å². The fraction of sp³-hybridized carbons (Fsp3) is 0.381. The van der Waals surface area contributed by atoms with Crippen molar-refractivity contribution in [2.45, 2.75) is 6.04 Å². The van der Waals surface area contributed by atoms with E-state index in [1.807, 2.05) is 35.0 Å². The van der Waals surface area contributed by atoms with Crippen molar-refractivity contribution in [2.75, 3.05) is 56.8 Å². The lowest BCUT2D eigenvalue weighted by atomic mass is 10.2. The standard InChI is InChI=1S/C21H26N6O4/c1-25(17(13-28)14-29)21(30)22-16-6-4-15(5-7-16)19-23-20(26-9-11-31-12-10-26)18-3-2-8-27(18)24-19/h2-8,17,28-29H,9-14H2,1H3,(H,22,30). The fourth-order valence-electron chi connectivity index (χ4n) is 3.43. The molecule has 164 valence electrons. The third kappa shape index (κ3) is 4.46. The van der Waals surface area contributed by atoms with E-state index in [9.17, 15) is 15.0 Å². The summed E-state index contributed by atoms with van der Waals surface area (Å²) in [4.78, 5) is 20.6. The van der Waals surface area contributed by atoms with Gasteiger partial charge in [-0.1, -0.05) is 0 Å². The predicted molar refractivity (Wildman–Crippen MR) is 116 cm³/mol. The Morgan fingerprint density at radius 2 is 1.90 bits per heavy atom. The Bertz CT molecular complexity index is 1030. The van der Waals surface area contributed by atoms with Gasteiger partial charge in [-0.25, -0.2) is 14.3 Å². The second kappa shape index (κ2) is 9.29. The third-order valence-electron chi connectivity index (χ3n) is 5.37. The zero-order chi connectivity index (χ0) is 21.8. The topological polar surface area (TPSA) is 115 Å². The average molecular weight is 426 g/mol. The highest BCUT2D eigenvalue weighted by Gasteiger charge is 2.20. The average Bonchev–Trinajstić information content (AvgIpc) is 3.29. The van der Waals surface area contributed by atoms with Gasteiger partial charge < -0.3 is 30.1 Å². The zero-order valence-electron chi connectivity index (χ0n) is 17.3. The van der Waals surface area contributed by atoms with Crippen molar-refractivity contribution >= 4 is 23.1 Å². The molecule has 1 aliphatic rings. The quantitative estimate of drug-likeness (QED) is 0.540. The molecule has 1 saturated heterocycles. The molecule has 1 aromatic carbocycles. The van der Waals surface area contributed by atoms with E-state index in [1.165, 1.54) is 11.9 Å². The Labute approximate surface area is 179 Å². The summed E-state index contributed by atoms with van der Waals surface area (Å²) in [5.74, 6) is 1.46. The molecule has 1 aliphatic heterocycles. The minimum atomic E-state index is -0.653. The van der Waals surface area contributed by atoms with Gasteiger partial charge in [-0.05, 0) is 36.4 Å². The minimum Gasteiger partial charge on any atom is -0.394 e. The normalized spacial score (nSPS) is 14.3. The van der Waals surface area contributed by atoms with Crippen LogP contribution in [0.15, 0.2) is 42.6 Å². The number of benzene rings is 1. The largest absolute Gasteiger partial charge is 0.394 e. The summed E-state index contributed by atoms with van der Waals surface area (Å²) in [5, 5.41) is 25.9. The van der Waals surface area contributed by atoms with Crippen molar-refractivity contribution in [2.24, 2.45) is 0 Å². The summed E-state index contributed by atoms with van der Waals surface area (Å²) < 4.78 is 7.28. The smallest absolute Gasteiger partial charge is 0.321 e. The molecule has 0 atom stereocenters. The van der Waals surface area contributed by atoms with Crippen molar-refractivity contribution in [1.82, 2.24) is 19.5 Å². The molecule has 3 N–H and O–H groups in total. The molecule has 31 heavy (non-hydrogen) atoms. The van der Waals surface area contributed by atoms with Gasteiger partial charge in [-0.2, -0.15) is 0 Å². The number of fused-ring (bicyclic) bond motifs is 1. The number of nitrogens with zero attached hydrogens (tertiary/aromatic N) is 5. The van der Waals surface area contributed by atoms with E-state index in [0.717, 1.165) is 30.0 Å². The number of aliphatic hydroxyl groups is 2. The summed E-state index contributed by atoms with van der Waals surface area (Å²) >= 11 is 0. The molecule has 3 heterocycles. The maximum Gasteiger partial charge on any atom is 0.321 e. The molecule has 4 rings (SSSR count). The summed E-state index contributed by atoms with van der Waals surface area (Å²) in [7, 11) is 1.52. The van der Waals surface area contributed by atoms with Crippen LogP contribution in [-0.2, 0) is 4.74 Å². The summed E-state index contributed by atoms with van der Waals surface area (Å²) in [6.07, 6.45) is 1.90. The van der Waals surface area contributed by atoms with E-state index >= 15 is 0 Å². The van der Waals surface area contributed by atoms with Gasteiger partial charge in [-0.3, -0.25) is 0 Å². The van der Waals surface area contributed by atoms with Crippen molar-refractivity contribution < 1.29 is 19.7 Å². The summed E-state index contributed by atoms with van der Waals surface area (Å²) in [6, 6.07) is 10.1. The fourth-order valence-corrected chi connectivity index (χ4v) is 3.43. The van der Waals surface area contributed by atoms with Crippen LogP contribution < -0.4 is 10.2 Å². The van der Waals surface area contributed by atoms with E-state index in [-0.39, 0.29) is 13.2 Å². The lowest BCUT2D eigenvalue weighted by Gasteiger charge is -2.28. The lowest BCUT2D eigenvalue weighted by Crippen LogP contribution is -2.44. The SMILES string of the molecule is CN(C(=O)Nc1ccc(-c2nc(N3CCOCC3)c3cccn3n2)cc1)C(CO)CO. The van der Waals surface area contributed by atoms with Gasteiger partial charge in [0.1, 0.15) is 5.52 Å². The Morgan fingerprint density at radius 1 is 1.19 bits per heavy atom. The molecule has 0 unspecified atom stereocenters. The monoisotopic (exact) mass is 426 g/mol. The molecule has 0 radical (unpaired) electrons. The van der Waals surface area contributed by atoms with E-state index in [0.29, 0.717) is 24.7 Å². The number of morpholine rings is 1. The van der Waals surface area contributed by atoms with Gasteiger partial charge in [0.2, 0.25) is 0 Å². The zero-order valence-corrected chi connectivity index (χ0v) is 17.3. The number of aromatic nitrogens is 3. The molecule has 10 nitrogen and oxygen atoms in total. The molecule has 2 amide bonds. The van der Waals surface area contributed by atoms with Crippen LogP contribution in [0.1, 0.15) is 0 Å². The first-order chi connectivity index (χ1) is 15.1. The number of carbonyl (C=O) groups is 1. The van der Waals surface area contributed by atoms with Gasteiger partial charge in [0.15, 0.2) is 11.6 Å². The van der Waals surface area contributed by atoms with Gasteiger partial charge in [0.05, 0.1) is 32.5 Å². The first kappa shape index (κ1) is 21.0. The number of anilines is 2. The van der Waals surface area contributed by atoms with Crippen LogP contribution in [-0.4, -0.2) is 88.3 Å². The molecule has 10 heteroatoms. The maximum atomic E-state index is 12.3. The molecule has 0 spiro atoms. The number of aliphatic hydroxyl groups excluding tert-OH is 2. The number of ether oxygens (including phenoxy) is 1. The van der Waals surface area contributed by atoms with Crippen molar-refractivity contribution in [3.63, 3.8) is 0 Å². The first-order valence-electron chi connectivity index (χ1n) is 10.1. The van der Waals surface area contributed by atoms with Crippen LogP contribution in [0.4, 0.5) is 16.3 Å². The van der Waals surface area contributed by atoms with Crippen LogP contribution in [0.25, 0.3) is 16.9 Å². The van der Waals surface area contributed by atoms with E-state index in [1.54, 1.807) is 12.1 Å². The Kier molecular flexibility index (Phi) is 6.31. The highest BCUT2D eigenvalue weighted by Crippen LogP contribution is 2.25. The van der Waals surface area contributed by atoms with Gasteiger partial charge >= 0.3 is 6.03 Å². The number of carbonyl (C=O) groups excluding carboxylic acids is 1. The molecule has 1 fully saturated rings. The van der Waals surface area contributed by atoms with Crippen molar-refractivity contribution in [1.29, 1.82) is 0 Å². The third-order valence-corrected chi connectivity index (χ3v) is 5.37. The van der Waals surface area contributed by atoms with Crippen molar-refractivity contribution in [3.8, 4) is 11.4 Å². The Hall–Kier alpha value is -3.21. The van der Waals surface area contributed by atoms with Crippen LogP contribution in [0.3, 0.4) is 0 Å². The van der Waals surface area contributed by atoms with Crippen LogP contribution >= 0.6 is 0 Å². The second-order valence-corrected chi connectivity index (χ2v) is 7.33. The molecule has 0 aliphatic carbocycles. The first-order valence-corrected chi connectivity index (χ1v) is 10.1. The van der Waals surface area contributed by atoms with E-state index in [2.05, 4.69) is 15.3 Å². The summed E-state index contributed by atoms with van der Waals surface area (Å²) in [5.41, 5.74) is 2.35. The number of rotatable bonds is 6. The predicted octanol–water partition coefficient (Wildman–Crippen LogP) is 1.05. The number of hydrogen-bond donors (Lipinski definition) is 3. The number of likely N-dealkylation sites (N-methyl/N-ethyl adjacent to an activating group) is 1. The van der Waals surface area contributed by atoms with E-state index in [4.69, 9.17) is 9.72 Å². The lowest BCUT2D eigenvalue weighted by molar-refractivity contribution is 0.110. The molecule has 3 aromatic rings. The number of urea groups is 1. The molecule has 0 saturated carbocycles. The Morgan fingerprint density at radius 3 is 2.58 bits per heavy atom. The van der Waals surface area contributed by atoms with Gasteiger partial charge in [0, 0.05) is 37.6 Å². The van der Waals surface area contributed by atoms with Crippen LogP contribution in [0.2, 0.25) is 0 Å². The second-order valence-electron chi connectivity index (χ2n) is 7.33. The van der Waals surface area contributed by atoms with Crippen LogP contribution in [0, 0.1) is 0 Å². The van der Waals surface area contributed by atoms with Crippen LogP contribution in [0.5, 0.6) is 0 Å². The molecule has 0 bridgehead atoms. The van der Waals surface area contributed by atoms with E-state index < -0.39 is 12.1 Å². The van der Waals surface area contributed by atoms with Gasteiger partial charge in [0.25, 0.3) is 0 Å².